The zero-order chi connectivity index (χ0) is 14.1. The molecule has 20 heavy (non-hydrogen) atoms. The van der Waals surface area contributed by atoms with Gasteiger partial charge in [0, 0.05) is 0 Å². The molecule has 0 fully saturated rings. The van der Waals surface area contributed by atoms with Gasteiger partial charge in [-0.3, -0.25) is 0 Å². The van der Waals surface area contributed by atoms with Crippen LogP contribution in [0.5, 0.6) is 0 Å². The smallest absolute Gasteiger partial charge is 0.159 e. The molecule has 0 aliphatic carbocycles. The Kier molecular flexibility index (Phi) is 2.95. The Bertz CT molecular complexity index is 751. The summed E-state index contributed by atoms with van der Waals surface area (Å²) >= 11 is 0. The van der Waals surface area contributed by atoms with Gasteiger partial charge in [-0.1, -0.05) is 30.3 Å². The minimum Gasteiger partial charge on any atom is -0.396 e. The van der Waals surface area contributed by atoms with Gasteiger partial charge in [0.2, 0.25) is 0 Å². The topological polar surface area (TPSA) is 54.7 Å². The standard InChI is InChI=1S/C15H11F2N3/c16-10-6-7-11(18)14(17)13(10)15-19-8-12(20-15)9-4-2-1-3-5-9/h1-8H,18H2,(H,19,20). The molecule has 100 valence electrons. The van der Waals surface area contributed by atoms with E-state index in [1.54, 1.807) is 0 Å². The van der Waals surface area contributed by atoms with E-state index >= 15 is 0 Å². The molecule has 0 bridgehead atoms. The van der Waals surface area contributed by atoms with E-state index in [1.165, 1.54) is 12.3 Å². The average molecular weight is 271 g/mol. The summed E-state index contributed by atoms with van der Waals surface area (Å²) in [4.78, 5) is 6.94. The summed E-state index contributed by atoms with van der Waals surface area (Å²) in [5.41, 5.74) is 6.67. The van der Waals surface area contributed by atoms with E-state index in [9.17, 15) is 8.78 Å². The van der Waals surface area contributed by atoms with Crippen LogP contribution < -0.4 is 5.73 Å². The van der Waals surface area contributed by atoms with Gasteiger partial charge in [-0.25, -0.2) is 13.8 Å². The summed E-state index contributed by atoms with van der Waals surface area (Å²) in [5, 5.41) is 0. The Labute approximate surface area is 114 Å². The third kappa shape index (κ3) is 2.03. The number of anilines is 1. The predicted octanol–water partition coefficient (Wildman–Crippen LogP) is 3.60. The van der Waals surface area contributed by atoms with Gasteiger partial charge >= 0.3 is 0 Å². The number of halogens is 2. The van der Waals surface area contributed by atoms with Crippen LogP contribution in [0.3, 0.4) is 0 Å². The molecule has 1 heterocycles. The van der Waals surface area contributed by atoms with Gasteiger partial charge in [-0.05, 0) is 17.7 Å². The van der Waals surface area contributed by atoms with Crippen LogP contribution in [0.15, 0.2) is 48.7 Å². The second kappa shape index (κ2) is 4.77. The first kappa shape index (κ1) is 12.3. The fourth-order valence-corrected chi connectivity index (χ4v) is 2.00. The number of aromatic amines is 1. The van der Waals surface area contributed by atoms with Crippen LogP contribution in [0.2, 0.25) is 0 Å². The lowest BCUT2D eigenvalue weighted by atomic mass is 10.1. The molecule has 2 aromatic carbocycles. The number of aromatic nitrogens is 2. The van der Waals surface area contributed by atoms with Crippen LogP contribution in [0.25, 0.3) is 22.6 Å². The second-order valence-corrected chi connectivity index (χ2v) is 4.34. The highest BCUT2D eigenvalue weighted by Gasteiger charge is 2.17. The van der Waals surface area contributed by atoms with Crippen molar-refractivity contribution in [2.75, 3.05) is 5.73 Å². The van der Waals surface area contributed by atoms with Crippen molar-refractivity contribution in [2.24, 2.45) is 0 Å². The van der Waals surface area contributed by atoms with Crippen LogP contribution in [-0.4, -0.2) is 9.97 Å². The summed E-state index contributed by atoms with van der Waals surface area (Å²) in [5.74, 6) is -1.39. The molecule has 0 saturated carbocycles. The number of imidazole rings is 1. The highest BCUT2D eigenvalue weighted by atomic mass is 19.1. The maximum absolute atomic E-state index is 13.9. The van der Waals surface area contributed by atoms with Gasteiger partial charge in [0.25, 0.3) is 0 Å². The first-order valence-corrected chi connectivity index (χ1v) is 6.01. The highest BCUT2D eigenvalue weighted by molar-refractivity contribution is 5.67. The van der Waals surface area contributed by atoms with Crippen LogP contribution in [0, 0.1) is 11.6 Å². The molecule has 0 radical (unpaired) electrons. The Morgan fingerprint density at radius 1 is 1.00 bits per heavy atom. The third-order valence-corrected chi connectivity index (χ3v) is 3.02. The van der Waals surface area contributed by atoms with Crippen molar-refractivity contribution in [3.05, 3.63) is 60.3 Å². The van der Waals surface area contributed by atoms with E-state index < -0.39 is 11.6 Å². The molecule has 5 heteroatoms. The first-order chi connectivity index (χ1) is 9.66. The largest absolute Gasteiger partial charge is 0.396 e. The lowest BCUT2D eigenvalue weighted by molar-refractivity contribution is 0.591. The molecule has 3 rings (SSSR count). The van der Waals surface area contributed by atoms with Crippen LogP contribution in [0.1, 0.15) is 0 Å². The SMILES string of the molecule is Nc1ccc(F)c(-c2ncc(-c3ccccc3)[nH]2)c1F. The molecule has 1 aromatic heterocycles. The number of nitrogens with one attached hydrogen (secondary N) is 1. The van der Waals surface area contributed by atoms with Crippen molar-refractivity contribution >= 4 is 5.69 Å². The van der Waals surface area contributed by atoms with Gasteiger partial charge in [0.05, 0.1) is 23.1 Å². The fourth-order valence-electron chi connectivity index (χ4n) is 2.00. The van der Waals surface area contributed by atoms with Crippen LogP contribution in [0.4, 0.5) is 14.5 Å². The Morgan fingerprint density at radius 3 is 2.50 bits per heavy atom. The summed E-state index contributed by atoms with van der Waals surface area (Å²) in [6.45, 7) is 0. The van der Waals surface area contributed by atoms with Crippen molar-refractivity contribution in [3.8, 4) is 22.6 Å². The second-order valence-electron chi connectivity index (χ2n) is 4.34. The van der Waals surface area contributed by atoms with Crippen molar-refractivity contribution in [2.45, 2.75) is 0 Å². The van der Waals surface area contributed by atoms with Crippen molar-refractivity contribution < 1.29 is 8.78 Å². The molecule has 3 N–H and O–H groups in total. The molecule has 0 aliphatic rings. The maximum Gasteiger partial charge on any atom is 0.159 e. The molecule has 0 atom stereocenters. The maximum atomic E-state index is 13.9. The number of hydrogen-bond donors (Lipinski definition) is 2. The molecule has 0 saturated heterocycles. The summed E-state index contributed by atoms with van der Waals surface area (Å²) in [6, 6.07) is 11.7. The number of nitrogen functional groups attached to an aromatic ring is 1. The quantitative estimate of drug-likeness (QED) is 0.700. The van der Waals surface area contributed by atoms with Crippen molar-refractivity contribution in [1.82, 2.24) is 9.97 Å². The number of H-pyrrole nitrogens is 1. The molecule has 0 unspecified atom stereocenters. The molecular formula is C15H11F2N3. The van der Waals surface area contributed by atoms with Gasteiger partial charge in [-0.2, -0.15) is 0 Å². The lowest BCUT2D eigenvalue weighted by Crippen LogP contribution is -1.97. The van der Waals surface area contributed by atoms with Crippen molar-refractivity contribution in [1.29, 1.82) is 0 Å². The van der Waals surface area contributed by atoms with E-state index in [0.29, 0.717) is 5.69 Å². The van der Waals surface area contributed by atoms with Crippen LogP contribution in [-0.2, 0) is 0 Å². The fraction of sp³-hybridized carbons (Fsp3) is 0. The minimum atomic E-state index is -0.807. The number of rotatable bonds is 2. The van der Waals surface area contributed by atoms with E-state index in [4.69, 9.17) is 5.73 Å². The van der Waals surface area contributed by atoms with E-state index in [-0.39, 0.29) is 17.1 Å². The van der Waals surface area contributed by atoms with Gasteiger partial charge in [0.1, 0.15) is 11.6 Å². The van der Waals surface area contributed by atoms with E-state index in [2.05, 4.69) is 9.97 Å². The number of hydrogen-bond acceptors (Lipinski definition) is 2. The van der Waals surface area contributed by atoms with Crippen molar-refractivity contribution in [3.63, 3.8) is 0 Å². The van der Waals surface area contributed by atoms with Gasteiger partial charge in [0.15, 0.2) is 5.82 Å². The number of benzene rings is 2. The number of nitrogens with two attached hydrogens (primary N) is 1. The molecular weight excluding hydrogens is 260 g/mol. The summed E-state index contributed by atoms with van der Waals surface area (Å²) in [6.07, 6.45) is 1.53. The Balaban J connectivity index is 2.10. The van der Waals surface area contributed by atoms with E-state index in [1.807, 2.05) is 30.3 Å². The predicted molar refractivity (Wildman–Crippen MR) is 73.8 cm³/mol. The highest BCUT2D eigenvalue weighted by Crippen LogP contribution is 2.29. The minimum absolute atomic E-state index is 0.112. The van der Waals surface area contributed by atoms with Gasteiger partial charge < -0.3 is 10.7 Å². The normalized spacial score (nSPS) is 10.7. The molecule has 3 nitrogen and oxygen atoms in total. The number of nitrogens with zero attached hydrogens (tertiary/aromatic N) is 1. The summed E-state index contributed by atoms with van der Waals surface area (Å²) in [7, 11) is 0. The Morgan fingerprint density at radius 2 is 1.75 bits per heavy atom. The lowest BCUT2D eigenvalue weighted by Gasteiger charge is -2.04. The molecule has 3 aromatic rings. The molecule has 0 amide bonds. The average Bonchev–Trinajstić information content (AvgIpc) is 2.94. The first-order valence-electron chi connectivity index (χ1n) is 6.01. The zero-order valence-corrected chi connectivity index (χ0v) is 10.4. The van der Waals surface area contributed by atoms with Gasteiger partial charge in [-0.15, -0.1) is 0 Å². The van der Waals surface area contributed by atoms with E-state index in [0.717, 1.165) is 11.6 Å². The molecule has 0 aliphatic heterocycles. The van der Waals surface area contributed by atoms with Crippen LogP contribution >= 0.6 is 0 Å². The monoisotopic (exact) mass is 271 g/mol. The summed E-state index contributed by atoms with van der Waals surface area (Å²) < 4.78 is 27.7. The molecule has 0 spiro atoms. The zero-order valence-electron chi connectivity index (χ0n) is 10.4. The third-order valence-electron chi connectivity index (χ3n) is 3.02. The Hall–Kier alpha value is -2.69.